The zero-order valence-electron chi connectivity index (χ0n) is 16.1. The maximum Gasteiger partial charge on any atom is 0.241 e. The molecule has 7 heteroatoms. The van der Waals surface area contributed by atoms with Crippen LogP contribution in [0, 0.1) is 5.82 Å². The van der Waals surface area contributed by atoms with Crippen molar-refractivity contribution >= 4 is 35.0 Å². The van der Waals surface area contributed by atoms with Crippen molar-refractivity contribution in [3.05, 3.63) is 53.8 Å². The Morgan fingerprint density at radius 1 is 1.18 bits per heavy atom. The van der Waals surface area contributed by atoms with Crippen molar-refractivity contribution in [3.63, 3.8) is 0 Å². The van der Waals surface area contributed by atoms with Crippen LogP contribution >= 0.6 is 11.8 Å². The molecule has 0 radical (unpaired) electrons. The molecular weight excluding hydrogens is 377 g/mol. The Bertz CT molecular complexity index is 874. The molecule has 0 aliphatic carbocycles. The van der Waals surface area contributed by atoms with Gasteiger partial charge in [0.2, 0.25) is 11.8 Å². The highest BCUT2D eigenvalue weighted by Crippen LogP contribution is 2.30. The van der Waals surface area contributed by atoms with E-state index in [1.54, 1.807) is 29.8 Å². The highest BCUT2D eigenvalue weighted by molar-refractivity contribution is 7.98. The Morgan fingerprint density at radius 2 is 1.96 bits per heavy atom. The van der Waals surface area contributed by atoms with E-state index in [0.29, 0.717) is 12.2 Å². The number of anilines is 2. The van der Waals surface area contributed by atoms with Gasteiger partial charge in [-0.25, -0.2) is 4.39 Å². The van der Waals surface area contributed by atoms with Crippen LogP contribution in [0.25, 0.3) is 0 Å². The Kier molecular flexibility index (Phi) is 6.70. The van der Waals surface area contributed by atoms with Gasteiger partial charge in [0.1, 0.15) is 5.82 Å². The first-order valence-electron chi connectivity index (χ1n) is 9.18. The molecule has 3 rings (SSSR count). The lowest BCUT2D eigenvalue weighted by molar-refractivity contribution is -0.121. The van der Waals surface area contributed by atoms with Gasteiger partial charge in [0.15, 0.2) is 0 Å². The molecule has 28 heavy (non-hydrogen) atoms. The lowest BCUT2D eigenvalue weighted by Crippen LogP contribution is -2.43. The van der Waals surface area contributed by atoms with Gasteiger partial charge in [-0.2, -0.15) is 0 Å². The van der Waals surface area contributed by atoms with Gasteiger partial charge in [0, 0.05) is 11.4 Å². The van der Waals surface area contributed by atoms with Gasteiger partial charge in [0.25, 0.3) is 0 Å². The maximum atomic E-state index is 14.3. The smallest absolute Gasteiger partial charge is 0.241 e. The number of nitrogens with one attached hydrogen (secondary N) is 1. The number of halogens is 1. The molecule has 0 bridgehead atoms. The predicted molar refractivity (Wildman–Crippen MR) is 111 cm³/mol. The molecular formula is C21H24FN3O2S. The molecule has 0 fully saturated rings. The SMILES string of the molecule is CSc1ccccc1NC(=O)CN(C)CC(=O)N1CCCc2cccc(F)c21. The number of fused-ring (bicyclic) bond motifs is 1. The average molecular weight is 402 g/mol. The van der Waals surface area contributed by atoms with E-state index < -0.39 is 0 Å². The Balaban J connectivity index is 1.60. The monoisotopic (exact) mass is 401 g/mol. The van der Waals surface area contributed by atoms with E-state index in [2.05, 4.69) is 5.32 Å². The number of hydrogen-bond acceptors (Lipinski definition) is 4. The Labute approximate surface area is 168 Å². The third kappa shape index (κ3) is 4.72. The van der Waals surface area contributed by atoms with Crippen molar-refractivity contribution in [2.24, 2.45) is 0 Å². The van der Waals surface area contributed by atoms with Gasteiger partial charge in [-0.15, -0.1) is 11.8 Å². The highest BCUT2D eigenvalue weighted by Gasteiger charge is 2.26. The summed E-state index contributed by atoms with van der Waals surface area (Å²) in [6, 6.07) is 12.5. The van der Waals surface area contributed by atoms with Gasteiger partial charge in [0.05, 0.1) is 24.5 Å². The minimum atomic E-state index is -0.375. The van der Waals surface area contributed by atoms with Crippen LogP contribution in [0.4, 0.5) is 15.8 Å². The van der Waals surface area contributed by atoms with E-state index in [9.17, 15) is 14.0 Å². The number of hydrogen-bond donors (Lipinski definition) is 1. The van der Waals surface area contributed by atoms with Crippen LogP contribution in [0.2, 0.25) is 0 Å². The van der Waals surface area contributed by atoms with Crippen molar-refractivity contribution in [3.8, 4) is 0 Å². The molecule has 1 aliphatic rings. The summed E-state index contributed by atoms with van der Waals surface area (Å²) in [4.78, 5) is 29.2. The summed E-state index contributed by atoms with van der Waals surface area (Å²) in [5, 5.41) is 2.88. The summed E-state index contributed by atoms with van der Waals surface area (Å²) in [5.41, 5.74) is 1.99. The van der Waals surface area contributed by atoms with Gasteiger partial charge < -0.3 is 10.2 Å². The van der Waals surface area contributed by atoms with Crippen LogP contribution in [0.15, 0.2) is 47.4 Å². The van der Waals surface area contributed by atoms with Gasteiger partial charge in [-0.1, -0.05) is 24.3 Å². The van der Waals surface area contributed by atoms with Gasteiger partial charge >= 0.3 is 0 Å². The number of para-hydroxylation sites is 2. The zero-order valence-corrected chi connectivity index (χ0v) is 16.9. The number of amides is 2. The van der Waals surface area contributed by atoms with Crippen LogP contribution in [-0.2, 0) is 16.0 Å². The minimum Gasteiger partial charge on any atom is -0.324 e. The third-order valence-electron chi connectivity index (χ3n) is 4.67. The number of carbonyl (C=O) groups is 2. The van der Waals surface area contributed by atoms with E-state index >= 15 is 0 Å². The molecule has 1 aliphatic heterocycles. The molecule has 1 N–H and O–H groups in total. The van der Waals surface area contributed by atoms with Crippen LogP contribution < -0.4 is 10.2 Å². The summed E-state index contributed by atoms with van der Waals surface area (Å²) in [6.45, 7) is 0.617. The van der Waals surface area contributed by atoms with E-state index in [1.165, 1.54) is 11.0 Å². The zero-order chi connectivity index (χ0) is 20.1. The first-order valence-corrected chi connectivity index (χ1v) is 10.4. The van der Waals surface area contributed by atoms with Crippen molar-refractivity contribution in [2.45, 2.75) is 17.7 Å². The number of rotatable bonds is 6. The Morgan fingerprint density at radius 3 is 2.75 bits per heavy atom. The van der Waals surface area contributed by atoms with E-state index in [4.69, 9.17) is 0 Å². The normalized spacial score (nSPS) is 13.4. The fourth-order valence-electron chi connectivity index (χ4n) is 3.41. The number of nitrogens with zero attached hydrogens (tertiary/aromatic N) is 2. The molecule has 2 amide bonds. The molecule has 1 heterocycles. The number of carbonyl (C=O) groups excluding carboxylic acids is 2. The second-order valence-electron chi connectivity index (χ2n) is 6.82. The predicted octanol–water partition coefficient (Wildman–Crippen LogP) is 3.40. The molecule has 0 spiro atoms. The minimum absolute atomic E-state index is 0.0470. The van der Waals surface area contributed by atoms with E-state index in [0.717, 1.165) is 29.0 Å². The van der Waals surface area contributed by atoms with Gasteiger partial charge in [-0.05, 0) is 49.9 Å². The van der Waals surface area contributed by atoms with Crippen LogP contribution in [0.3, 0.4) is 0 Å². The van der Waals surface area contributed by atoms with Crippen molar-refractivity contribution in [1.82, 2.24) is 4.90 Å². The number of benzene rings is 2. The number of thioether (sulfide) groups is 1. The summed E-state index contributed by atoms with van der Waals surface area (Å²) < 4.78 is 14.3. The molecule has 2 aromatic rings. The first kappa shape index (κ1) is 20.4. The summed E-state index contributed by atoms with van der Waals surface area (Å²) in [6.07, 6.45) is 3.52. The fraction of sp³-hybridized carbons (Fsp3) is 0.333. The number of likely N-dealkylation sites (N-methyl/N-ethyl adjacent to an activating group) is 1. The second-order valence-corrected chi connectivity index (χ2v) is 7.67. The quantitative estimate of drug-likeness (QED) is 0.754. The molecule has 0 saturated carbocycles. The van der Waals surface area contributed by atoms with E-state index in [-0.39, 0.29) is 30.7 Å². The summed E-state index contributed by atoms with van der Waals surface area (Å²) in [5.74, 6) is -0.771. The first-order chi connectivity index (χ1) is 13.5. The lowest BCUT2D eigenvalue weighted by atomic mass is 10.0. The standard InChI is InChI=1S/C21H24FN3O2S/c1-24(13-19(26)23-17-10-3-4-11-18(17)28-2)14-20(27)25-12-6-8-15-7-5-9-16(22)21(15)25/h3-5,7,9-11H,6,8,12-14H2,1-2H3,(H,23,26). The summed E-state index contributed by atoms with van der Waals surface area (Å²) in [7, 11) is 1.71. The van der Waals surface area contributed by atoms with Crippen LogP contribution in [0.1, 0.15) is 12.0 Å². The van der Waals surface area contributed by atoms with Crippen LogP contribution in [0.5, 0.6) is 0 Å². The average Bonchev–Trinajstić information content (AvgIpc) is 2.68. The molecule has 148 valence electrons. The fourth-order valence-corrected chi connectivity index (χ4v) is 3.96. The largest absolute Gasteiger partial charge is 0.324 e. The molecule has 0 saturated heterocycles. The highest BCUT2D eigenvalue weighted by atomic mass is 32.2. The maximum absolute atomic E-state index is 14.3. The Hall–Kier alpha value is -2.38. The topological polar surface area (TPSA) is 52.7 Å². The van der Waals surface area contributed by atoms with Crippen LogP contribution in [-0.4, -0.2) is 49.7 Å². The van der Waals surface area contributed by atoms with Crippen molar-refractivity contribution in [1.29, 1.82) is 0 Å². The molecule has 0 atom stereocenters. The molecule has 0 unspecified atom stereocenters. The molecule has 2 aromatic carbocycles. The van der Waals surface area contributed by atoms with Crippen molar-refractivity contribution in [2.75, 3.05) is 43.2 Å². The number of aryl methyl sites for hydroxylation is 1. The van der Waals surface area contributed by atoms with Gasteiger partial charge in [-0.3, -0.25) is 14.5 Å². The lowest BCUT2D eigenvalue weighted by Gasteiger charge is -2.31. The van der Waals surface area contributed by atoms with Crippen molar-refractivity contribution < 1.29 is 14.0 Å². The van der Waals surface area contributed by atoms with E-state index in [1.807, 2.05) is 36.6 Å². The second kappa shape index (κ2) is 9.21. The summed E-state index contributed by atoms with van der Waals surface area (Å²) >= 11 is 1.56. The molecule has 0 aromatic heterocycles. The third-order valence-corrected chi connectivity index (χ3v) is 5.46. The molecule has 5 nitrogen and oxygen atoms in total.